The van der Waals surface area contributed by atoms with Crippen LogP contribution in [0.15, 0.2) is 168 Å². The third-order valence-electron chi connectivity index (χ3n) is 11.1. The van der Waals surface area contributed by atoms with Crippen LogP contribution in [0.25, 0.3) is 33.4 Å². The lowest BCUT2D eigenvalue weighted by Crippen LogP contribution is -2.35. The maximum Gasteiger partial charge on any atom is 0.159 e. The Labute approximate surface area is 339 Å². The average Bonchev–Trinajstić information content (AvgIpc) is 3.64. The lowest BCUT2D eigenvalue weighted by atomic mass is 9.93. The molecule has 58 heavy (non-hydrogen) atoms. The molecule has 9 N–H and O–H groups in total. The normalized spacial score (nSPS) is 16.0. The topological polar surface area (TPSA) is 147 Å². The molecule has 0 aromatic heterocycles. The Balaban J connectivity index is 1.00. The molecule has 0 aliphatic carbocycles. The van der Waals surface area contributed by atoms with Crippen molar-refractivity contribution in [2.45, 2.75) is 25.7 Å². The number of rotatable bonds is 8. The van der Waals surface area contributed by atoms with Gasteiger partial charge in [0.2, 0.25) is 0 Å². The summed E-state index contributed by atoms with van der Waals surface area (Å²) in [5, 5.41) is 3.62. The summed E-state index contributed by atoms with van der Waals surface area (Å²) in [6.45, 7) is 2.18. The van der Waals surface area contributed by atoms with Gasteiger partial charge < -0.3 is 38.1 Å². The number of nitrogens with one attached hydrogen (secondary N) is 1. The summed E-state index contributed by atoms with van der Waals surface area (Å²) < 4.78 is 0. The summed E-state index contributed by atoms with van der Waals surface area (Å²) in [6.07, 6.45) is 0.738. The number of aliphatic imine (C=N–C) groups is 2. The van der Waals surface area contributed by atoms with E-state index in [0.29, 0.717) is 28.6 Å². The van der Waals surface area contributed by atoms with E-state index in [9.17, 15) is 0 Å². The summed E-state index contributed by atoms with van der Waals surface area (Å²) in [4.78, 5) is 14.5. The van der Waals surface area contributed by atoms with E-state index in [1.54, 1.807) is 0 Å². The Kier molecular flexibility index (Phi) is 9.26. The van der Waals surface area contributed by atoms with Gasteiger partial charge in [-0.25, -0.2) is 9.98 Å². The molecule has 9 rings (SSSR count). The van der Waals surface area contributed by atoms with E-state index in [1.807, 2.05) is 98.0 Å². The molecule has 7 aromatic rings. The van der Waals surface area contributed by atoms with Crippen LogP contribution < -0.4 is 33.2 Å². The lowest BCUT2D eigenvalue weighted by molar-refractivity contribution is 0.383. The third-order valence-corrected chi connectivity index (χ3v) is 11.1. The van der Waals surface area contributed by atoms with Crippen molar-refractivity contribution >= 4 is 51.5 Å². The van der Waals surface area contributed by atoms with Crippen LogP contribution in [0.5, 0.6) is 0 Å². The van der Waals surface area contributed by atoms with Gasteiger partial charge in [-0.15, -0.1) is 0 Å². The Morgan fingerprint density at radius 1 is 0.552 bits per heavy atom. The summed E-state index contributed by atoms with van der Waals surface area (Å²) in [7, 11) is 2.01. The van der Waals surface area contributed by atoms with Crippen LogP contribution in [0, 0.1) is 0 Å². The highest BCUT2D eigenvalue weighted by Crippen LogP contribution is 2.44. The molecule has 9 heteroatoms. The fraction of sp³-hybridized carbons (Fsp3) is 0.102. The second kappa shape index (κ2) is 14.9. The molecule has 2 unspecified atom stereocenters. The fourth-order valence-electron chi connectivity index (χ4n) is 8.13. The third kappa shape index (κ3) is 6.52. The van der Waals surface area contributed by atoms with Crippen LogP contribution in [0.3, 0.4) is 0 Å². The Morgan fingerprint density at radius 3 is 1.88 bits per heavy atom. The monoisotopic (exact) mass is 759 g/mol. The maximum atomic E-state index is 6.88. The molecule has 0 spiro atoms. The fourth-order valence-corrected chi connectivity index (χ4v) is 8.13. The zero-order valence-corrected chi connectivity index (χ0v) is 32.5. The molecule has 0 bridgehead atoms. The molecule has 0 saturated heterocycles. The number of fused-ring (bicyclic) bond motifs is 1. The number of benzene rings is 7. The number of nitrogens with zero attached hydrogens (tertiary/aromatic N) is 4. The minimum absolute atomic E-state index is 0.152. The van der Waals surface area contributed by atoms with E-state index < -0.39 is 0 Å². The Hall–Kier alpha value is -7.52. The van der Waals surface area contributed by atoms with Crippen molar-refractivity contribution in [1.82, 2.24) is 4.90 Å². The number of hydrogen-bond donors (Lipinski definition) is 5. The van der Waals surface area contributed by atoms with Crippen LogP contribution in [0.1, 0.15) is 36.2 Å². The van der Waals surface area contributed by atoms with E-state index >= 15 is 0 Å². The molecule has 0 amide bonds. The van der Waals surface area contributed by atoms with Crippen molar-refractivity contribution in [1.29, 1.82) is 0 Å². The van der Waals surface area contributed by atoms with Gasteiger partial charge >= 0.3 is 0 Å². The van der Waals surface area contributed by atoms with Crippen molar-refractivity contribution in [3.8, 4) is 33.4 Å². The first-order valence-electron chi connectivity index (χ1n) is 19.5. The molecule has 286 valence electrons. The Bertz CT molecular complexity index is 2720. The highest BCUT2D eigenvalue weighted by atomic mass is 15.3. The predicted molar refractivity (Wildman–Crippen MR) is 243 cm³/mol. The van der Waals surface area contributed by atoms with E-state index in [-0.39, 0.29) is 12.3 Å². The van der Waals surface area contributed by atoms with Gasteiger partial charge in [0.25, 0.3) is 0 Å². The van der Waals surface area contributed by atoms with Gasteiger partial charge in [-0.3, -0.25) is 0 Å². The van der Waals surface area contributed by atoms with E-state index in [0.717, 1.165) is 79.4 Å². The number of nitrogens with two attached hydrogens (primary N) is 4. The van der Waals surface area contributed by atoms with Gasteiger partial charge in [0.15, 0.2) is 12.0 Å². The summed E-state index contributed by atoms with van der Waals surface area (Å²) >= 11 is 0. The maximum absolute atomic E-state index is 6.88. The largest absolute Gasteiger partial charge is 0.398 e. The number of amidine groups is 2. The van der Waals surface area contributed by atoms with Crippen LogP contribution in [-0.4, -0.2) is 29.8 Å². The highest BCUT2D eigenvalue weighted by Gasteiger charge is 2.29. The second-order valence-electron chi connectivity index (χ2n) is 14.8. The standard InChI is InChI=1S/C49H45N9/c1-3-46-54-44-16-10-11-17-45(44)58(46)35-21-24-37(43(53)29-35)33-18-22-36(41(51)27-33)32-20-25-40(50)39(26-32)38-23-19-34(28-42(38)52)49-56-47(30-12-6-4-7-13-30)55-48(57(49)2)31-14-8-5-9-15-31/h4-29,46,49,54H,3,50-53H2,1-2H3. The number of nitrogen functional groups attached to an aromatic ring is 4. The minimum atomic E-state index is -0.353. The van der Waals surface area contributed by atoms with Gasteiger partial charge in [-0.1, -0.05) is 116 Å². The van der Waals surface area contributed by atoms with Crippen molar-refractivity contribution in [2.75, 3.05) is 40.2 Å². The quantitative estimate of drug-likeness (QED) is 0.0969. The minimum Gasteiger partial charge on any atom is -0.398 e. The first-order chi connectivity index (χ1) is 28.3. The Morgan fingerprint density at radius 2 is 1.17 bits per heavy atom. The van der Waals surface area contributed by atoms with E-state index in [2.05, 4.69) is 88.8 Å². The van der Waals surface area contributed by atoms with Crippen LogP contribution in [-0.2, 0) is 0 Å². The smallest absolute Gasteiger partial charge is 0.159 e. The number of para-hydroxylation sites is 2. The highest BCUT2D eigenvalue weighted by molar-refractivity contribution is 6.13. The van der Waals surface area contributed by atoms with Crippen LogP contribution >= 0.6 is 0 Å². The predicted octanol–water partition coefficient (Wildman–Crippen LogP) is 10.2. The van der Waals surface area contributed by atoms with Crippen molar-refractivity contribution in [3.05, 3.63) is 174 Å². The van der Waals surface area contributed by atoms with Crippen molar-refractivity contribution in [3.63, 3.8) is 0 Å². The van der Waals surface area contributed by atoms with Crippen LogP contribution in [0.4, 0.5) is 39.8 Å². The van der Waals surface area contributed by atoms with Gasteiger partial charge in [-0.2, -0.15) is 0 Å². The number of hydrogen-bond acceptors (Lipinski definition) is 9. The van der Waals surface area contributed by atoms with Gasteiger partial charge in [0.1, 0.15) is 12.0 Å². The SMILES string of the molecule is CCC1Nc2ccccc2N1c1ccc(-c2ccc(-c3ccc(N)c(-c4ccc(C5N=C(c6ccccc6)N=C(c6ccccc6)N5C)cc4N)c3)c(N)c2)c(N)c1. The molecule has 0 fully saturated rings. The molecule has 2 atom stereocenters. The lowest BCUT2D eigenvalue weighted by Gasteiger charge is -2.32. The molecule has 0 saturated carbocycles. The summed E-state index contributed by atoms with van der Waals surface area (Å²) in [5.41, 5.74) is 41.1. The molecule has 2 aliphatic heterocycles. The molecule has 0 radical (unpaired) electrons. The van der Waals surface area contributed by atoms with Crippen molar-refractivity contribution < 1.29 is 0 Å². The molecular formula is C49H45N9. The first kappa shape index (κ1) is 36.1. The second-order valence-corrected chi connectivity index (χ2v) is 14.8. The molecule has 9 nitrogen and oxygen atoms in total. The van der Waals surface area contributed by atoms with Crippen molar-refractivity contribution in [2.24, 2.45) is 9.98 Å². The van der Waals surface area contributed by atoms with Gasteiger partial charge in [-0.05, 0) is 71.6 Å². The van der Waals surface area contributed by atoms with Crippen LogP contribution in [0.2, 0.25) is 0 Å². The first-order valence-corrected chi connectivity index (χ1v) is 19.5. The average molecular weight is 760 g/mol. The summed E-state index contributed by atoms with van der Waals surface area (Å²) in [6, 6.07) is 53.0. The molecule has 2 aliphatic rings. The molecule has 2 heterocycles. The molecule has 7 aromatic carbocycles. The number of anilines is 7. The van der Waals surface area contributed by atoms with E-state index in [4.69, 9.17) is 32.9 Å². The van der Waals surface area contributed by atoms with Gasteiger partial charge in [0.05, 0.1) is 11.4 Å². The zero-order valence-electron chi connectivity index (χ0n) is 32.5. The molecular weight excluding hydrogens is 715 g/mol. The zero-order chi connectivity index (χ0) is 39.9. The van der Waals surface area contributed by atoms with E-state index in [1.165, 1.54) is 0 Å². The van der Waals surface area contributed by atoms with Gasteiger partial charge in [0, 0.05) is 68.9 Å². The summed E-state index contributed by atoms with van der Waals surface area (Å²) in [5.74, 6) is 1.50.